The molecule has 3 rings (SSSR count). The summed E-state index contributed by atoms with van der Waals surface area (Å²) in [6.07, 6.45) is 0. The van der Waals surface area contributed by atoms with Crippen LogP contribution in [0.3, 0.4) is 0 Å². The molecule has 0 atom stereocenters. The predicted molar refractivity (Wildman–Crippen MR) is 92.0 cm³/mol. The fourth-order valence-corrected chi connectivity index (χ4v) is 2.80. The first-order valence-electron chi connectivity index (χ1n) is 6.50. The van der Waals surface area contributed by atoms with E-state index in [2.05, 4.69) is 26.2 Å². The fraction of sp³-hybridized carbons (Fsp3) is 0.0625. The number of hydrogen-bond donors (Lipinski definition) is 2. The fourth-order valence-electron chi connectivity index (χ4n) is 2.17. The summed E-state index contributed by atoms with van der Waals surface area (Å²) < 4.78 is 6.05. The van der Waals surface area contributed by atoms with Crippen LogP contribution in [0.2, 0.25) is 5.02 Å². The molecule has 0 bridgehead atoms. The quantitative estimate of drug-likeness (QED) is 0.684. The number of anilines is 1. The Hall–Kier alpha value is -1.98. The second-order valence-corrected chi connectivity index (χ2v) is 6.04. The van der Waals surface area contributed by atoms with Crippen molar-refractivity contribution in [3.63, 3.8) is 0 Å². The van der Waals surface area contributed by atoms with E-state index in [1.807, 2.05) is 18.2 Å². The molecule has 4 nitrogen and oxygen atoms in total. The highest BCUT2D eigenvalue weighted by Crippen LogP contribution is 2.27. The Balaban J connectivity index is 1.85. The SMILES string of the molecule is COc1ccc(NC(=O)c2cc3cc(Br)ccc3[nH]2)cc1Cl. The van der Waals surface area contributed by atoms with E-state index >= 15 is 0 Å². The topological polar surface area (TPSA) is 54.1 Å². The largest absolute Gasteiger partial charge is 0.495 e. The molecule has 22 heavy (non-hydrogen) atoms. The van der Waals surface area contributed by atoms with Gasteiger partial charge in [-0.15, -0.1) is 0 Å². The number of methoxy groups -OCH3 is 1. The highest BCUT2D eigenvalue weighted by atomic mass is 79.9. The van der Waals surface area contributed by atoms with Crippen LogP contribution in [0.25, 0.3) is 10.9 Å². The molecule has 112 valence electrons. The van der Waals surface area contributed by atoms with Gasteiger partial charge >= 0.3 is 0 Å². The number of halogens is 2. The Bertz CT molecular complexity index is 860. The summed E-state index contributed by atoms with van der Waals surface area (Å²) in [5.74, 6) is 0.337. The lowest BCUT2D eigenvalue weighted by Gasteiger charge is -2.07. The van der Waals surface area contributed by atoms with Gasteiger partial charge in [0.05, 0.1) is 12.1 Å². The van der Waals surface area contributed by atoms with Crippen molar-refractivity contribution in [2.45, 2.75) is 0 Å². The van der Waals surface area contributed by atoms with Crippen molar-refractivity contribution in [3.05, 3.63) is 57.7 Å². The Morgan fingerprint density at radius 3 is 2.77 bits per heavy atom. The summed E-state index contributed by atoms with van der Waals surface area (Å²) in [4.78, 5) is 15.4. The molecule has 0 saturated heterocycles. The molecule has 2 aromatic carbocycles. The minimum atomic E-state index is -0.228. The van der Waals surface area contributed by atoms with Gasteiger partial charge in [-0.2, -0.15) is 0 Å². The van der Waals surface area contributed by atoms with E-state index in [4.69, 9.17) is 16.3 Å². The second-order valence-electron chi connectivity index (χ2n) is 4.72. The number of nitrogens with one attached hydrogen (secondary N) is 2. The highest BCUT2D eigenvalue weighted by Gasteiger charge is 2.11. The number of rotatable bonds is 3. The molecule has 0 radical (unpaired) electrons. The molecule has 6 heteroatoms. The lowest BCUT2D eigenvalue weighted by atomic mass is 10.2. The van der Waals surface area contributed by atoms with Crippen molar-refractivity contribution in [3.8, 4) is 5.75 Å². The van der Waals surface area contributed by atoms with E-state index in [0.717, 1.165) is 15.4 Å². The van der Waals surface area contributed by atoms with Crippen LogP contribution >= 0.6 is 27.5 Å². The average molecular weight is 380 g/mol. The van der Waals surface area contributed by atoms with E-state index in [1.165, 1.54) is 0 Å². The number of ether oxygens (including phenoxy) is 1. The van der Waals surface area contributed by atoms with Crippen LogP contribution in [0.5, 0.6) is 5.75 Å². The molecule has 0 saturated carbocycles. The van der Waals surface area contributed by atoms with Crippen LogP contribution < -0.4 is 10.1 Å². The van der Waals surface area contributed by atoms with Gasteiger partial charge in [0.15, 0.2) is 0 Å². The van der Waals surface area contributed by atoms with Crippen LogP contribution in [0.15, 0.2) is 46.9 Å². The van der Waals surface area contributed by atoms with E-state index in [1.54, 1.807) is 31.4 Å². The zero-order chi connectivity index (χ0) is 15.7. The number of aromatic amines is 1. The molecular weight excluding hydrogens is 368 g/mol. The lowest BCUT2D eigenvalue weighted by molar-refractivity contribution is 0.102. The first-order valence-corrected chi connectivity index (χ1v) is 7.67. The van der Waals surface area contributed by atoms with Gasteiger partial charge in [0.25, 0.3) is 5.91 Å². The zero-order valence-corrected chi connectivity index (χ0v) is 14.0. The van der Waals surface area contributed by atoms with Crippen molar-refractivity contribution in [2.75, 3.05) is 12.4 Å². The van der Waals surface area contributed by atoms with E-state index < -0.39 is 0 Å². The first kappa shape index (κ1) is 14.9. The lowest BCUT2D eigenvalue weighted by Crippen LogP contribution is -2.12. The minimum Gasteiger partial charge on any atom is -0.495 e. The maximum absolute atomic E-state index is 12.3. The van der Waals surface area contributed by atoms with E-state index in [9.17, 15) is 4.79 Å². The molecule has 0 aliphatic heterocycles. The average Bonchev–Trinajstić information content (AvgIpc) is 2.90. The third-order valence-electron chi connectivity index (χ3n) is 3.24. The highest BCUT2D eigenvalue weighted by molar-refractivity contribution is 9.10. The molecule has 0 unspecified atom stereocenters. The summed E-state index contributed by atoms with van der Waals surface area (Å²) >= 11 is 9.46. The number of carbonyl (C=O) groups excluding carboxylic acids is 1. The summed E-state index contributed by atoms with van der Waals surface area (Å²) in [6, 6.07) is 12.7. The predicted octanol–water partition coefficient (Wildman–Crippen LogP) is 4.84. The van der Waals surface area contributed by atoms with Gasteiger partial charge in [0.1, 0.15) is 11.4 Å². The van der Waals surface area contributed by atoms with Crippen molar-refractivity contribution < 1.29 is 9.53 Å². The monoisotopic (exact) mass is 378 g/mol. The van der Waals surface area contributed by atoms with Crippen molar-refractivity contribution in [1.29, 1.82) is 0 Å². The third-order valence-corrected chi connectivity index (χ3v) is 4.03. The zero-order valence-electron chi connectivity index (χ0n) is 11.6. The molecule has 1 amide bonds. The van der Waals surface area contributed by atoms with Gasteiger partial charge < -0.3 is 15.0 Å². The normalized spacial score (nSPS) is 10.7. The minimum absolute atomic E-state index is 0.228. The Morgan fingerprint density at radius 2 is 2.05 bits per heavy atom. The van der Waals surface area contributed by atoms with Crippen LogP contribution in [-0.4, -0.2) is 18.0 Å². The van der Waals surface area contributed by atoms with Crippen molar-refractivity contribution in [2.24, 2.45) is 0 Å². The number of aromatic nitrogens is 1. The van der Waals surface area contributed by atoms with Gasteiger partial charge in [-0.3, -0.25) is 4.79 Å². The summed E-state index contributed by atoms with van der Waals surface area (Å²) in [7, 11) is 1.54. The molecule has 2 N–H and O–H groups in total. The molecular formula is C16H12BrClN2O2. The van der Waals surface area contributed by atoms with Crippen molar-refractivity contribution >= 4 is 50.0 Å². The molecule has 0 fully saturated rings. The van der Waals surface area contributed by atoms with Crippen LogP contribution in [0, 0.1) is 0 Å². The summed E-state index contributed by atoms with van der Waals surface area (Å²) in [5.41, 5.74) is 2.00. The Kier molecular flexibility index (Phi) is 4.09. The van der Waals surface area contributed by atoms with Gasteiger partial charge in [-0.1, -0.05) is 27.5 Å². The van der Waals surface area contributed by atoms with Gasteiger partial charge in [-0.25, -0.2) is 0 Å². The standard InChI is InChI=1S/C16H12BrClN2O2/c1-22-15-5-3-11(8-12(15)18)19-16(21)14-7-9-6-10(17)2-4-13(9)20-14/h2-8,20H,1H3,(H,19,21). The van der Waals surface area contributed by atoms with Gasteiger partial charge in [0, 0.05) is 21.1 Å². The number of H-pyrrole nitrogens is 1. The third kappa shape index (κ3) is 2.96. The van der Waals surface area contributed by atoms with Crippen LogP contribution in [0.1, 0.15) is 10.5 Å². The first-order chi connectivity index (χ1) is 10.6. The van der Waals surface area contributed by atoms with Gasteiger partial charge in [0.2, 0.25) is 0 Å². The molecule has 1 heterocycles. The number of hydrogen-bond acceptors (Lipinski definition) is 2. The summed E-state index contributed by atoms with van der Waals surface area (Å²) in [5, 5.41) is 4.21. The van der Waals surface area contributed by atoms with Crippen molar-refractivity contribution in [1.82, 2.24) is 4.98 Å². The van der Waals surface area contributed by atoms with E-state index in [-0.39, 0.29) is 5.91 Å². The number of carbonyl (C=O) groups is 1. The molecule has 0 aliphatic rings. The molecule has 3 aromatic rings. The molecule has 1 aromatic heterocycles. The summed E-state index contributed by atoms with van der Waals surface area (Å²) in [6.45, 7) is 0. The smallest absolute Gasteiger partial charge is 0.272 e. The van der Waals surface area contributed by atoms with E-state index in [0.29, 0.717) is 22.2 Å². The number of fused-ring (bicyclic) bond motifs is 1. The second kappa shape index (κ2) is 6.02. The molecule has 0 aliphatic carbocycles. The Morgan fingerprint density at radius 1 is 1.23 bits per heavy atom. The van der Waals surface area contributed by atoms with Crippen LogP contribution in [-0.2, 0) is 0 Å². The Labute approximate surface area is 140 Å². The maximum Gasteiger partial charge on any atom is 0.272 e. The number of amides is 1. The molecule has 0 spiro atoms. The van der Waals surface area contributed by atoms with Crippen LogP contribution in [0.4, 0.5) is 5.69 Å². The maximum atomic E-state index is 12.3. The van der Waals surface area contributed by atoms with Gasteiger partial charge in [-0.05, 0) is 42.5 Å². The number of benzene rings is 2.